The van der Waals surface area contributed by atoms with Crippen LogP contribution in [-0.4, -0.2) is 28.3 Å². The molecule has 0 saturated heterocycles. The van der Waals surface area contributed by atoms with E-state index in [9.17, 15) is 14.0 Å². The van der Waals surface area contributed by atoms with Crippen molar-refractivity contribution in [2.75, 3.05) is 0 Å². The normalized spacial score (nSPS) is 12.4. The average Bonchev–Trinajstić information content (AvgIpc) is 2.62. The molecule has 0 aromatic heterocycles. The van der Waals surface area contributed by atoms with Gasteiger partial charge < -0.3 is 10.2 Å². The van der Waals surface area contributed by atoms with Gasteiger partial charge in [0.1, 0.15) is 11.9 Å². The first-order valence-electron chi connectivity index (χ1n) is 9.27. The van der Waals surface area contributed by atoms with Crippen LogP contribution >= 0.6 is 23.2 Å². The van der Waals surface area contributed by atoms with E-state index in [1.54, 1.807) is 43.3 Å². The molecule has 1 N–H and O–H groups in total. The number of amides is 2. The summed E-state index contributed by atoms with van der Waals surface area (Å²) < 4.78 is 14.0. The summed E-state index contributed by atoms with van der Waals surface area (Å²) in [6, 6.07) is 10.4. The summed E-state index contributed by atoms with van der Waals surface area (Å²) in [5.74, 6) is -1.11. The molecule has 0 saturated carbocycles. The minimum absolute atomic E-state index is 0.142. The minimum atomic E-state index is -0.761. The van der Waals surface area contributed by atoms with E-state index in [1.807, 2.05) is 20.8 Å². The average molecular weight is 439 g/mol. The summed E-state index contributed by atoms with van der Waals surface area (Å²) in [4.78, 5) is 27.2. The van der Waals surface area contributed by atoms with Crippen LogP contribution in [0.15, 0.2) is 42.5 Å². The van der Waals surface area contributed by atoms with Crippen molar-refractivity contribution < 1.29 is 14.0 Å². The summed E-state index contributed by atoms with van der Waals surface area (Å²) in [6.45, 7) is 7.38. The largest absolute Gasteiger partial charge is 0.350 e. The lowest BCUT2D eigenvalue weighted by atomic mass is 10.1. The van der Waals surface area contributed by atoms with Gasteiger partial charge in [0, 0.05) is 12.1 Å². The highest BCUT2D eigenvalue weighted by atomic mass is 35.5. The quantitative estimate of drug-likeness (QED) is 0.688. The molecule has 2 rings (SSSR count). The van der Waals surface area contributed by atoms with Crippen molar-refractivity contribution in [2.45, 2.75) is 52.2 Å². The number of nitrogens with zero attached hydrogens (tertiary/aromatic N) is 1. The van der Waals surface area contributed by atoms with Crippen molar-refractivity contribution in [3.8, 4) is 0 Å². The first-order valence-corrected chi connectivity index (χ1v) is 10.0. The van der Waals surface area contributed by atoms with Gasteiger partial charge in [0.2, 0.25) is 11.8 Å². The molecule has 0 aliphatic heterocycles. The molecule has 0 unspecified atom stereocenters. The Morgan fingerprint density at radius 3 is 2.34 bits per heavy atom. The Balaban J connectivity index is 2.30. The lowest BCUT2D eigenvalue weighted by Crippen LogP contribution is -2.52. The predicted molar refractivity (Wildman–Crippen MR) is 114 cm³/mol. The van der Waals surface area contributed by atoms with Crippen molar-refractivity contribution in [1.82, 2.24) is 10.2 Å². The SMILES string of the molecule is C[C@H](C(=O)NC(C)(C)C)N(Cc1ccc(Cl)c(Cl)c1)C(=O)Cc1ccccc1F. The van der Waals surface area contributed by atoms with Crippen LogP contribution in [0.4, 0.5) is 4.39 Å². The highest BCUT2D eigenvalue weighted by Gasteiger charge is 2.29. The summed E-state index contributed by atoms with van der Waals surface area (Å²) in [7, 11) is 0. The molecular weight excluding hydrogens is 414 g/mol. The monoisotopic (exact) mass is 438 g/mol. The lowest BCUT2D eigenvalue weighted by molar-refractivity contribution is -0.140. The van der Waals surface area contributed by atoms with Gasteiger partial charge in [0.25, 0.3) is 0 Å². The van der Waals surface area contributed by atoms with Crippen LogP contribution in [0.1, 0.15) is 38.8 Å². The molecule has 2 amide bonds. The molecule has 2 aromatic rings. The molecule has 0 aliphatic carbocycles. The Bertz CT molecular complexity index is 897. The summed E-state index contributed by atoms with van der Waals surface area (Å²) in [5.41, 5.74) is 0.548. The standard InChI is InChI=1S/C22H25Cl2FN2O2/c1-14(21(29)26-22(2,3)4)27(13-15-9-10-17(23)18(24)11-15)20(28)12-16-7-5-6-8-19(16)25/h5-11,14H,12-13H2,1-4H3,(H,26,29)/t14-/m1/s1. The van der Waals surface area contributed by atoms with E-state index in [0.717, 1.165) is 5.56 Å². The molecule has 29 heavy (non-hydrogen) atoms. The van der Waals surface area contributed by atoms with E-state index in [2.05, 4.69) is 5.32 Å². The number of hydrogen-bond donors (Lipinski definition) is 1. The number of halogens is 3. The maximum Gasteiger partial charge on any atom is 0.242 e. The van der Waals surface area contributed by atoms with Gasteiger partial charge in [-0.25, -0.2) is 4.39 Å². The number of rotatable bonds is 6. The third kappa shape index (κ3) is 6.72. The number of carbonyl (C=O) groups excluding carboxylic acids is 2. The van der Waals surface area contributed by atoms with Crippen LogP contribution in [0, 0.1) is 5.82 Å². The van der Waals surface area contributed by atoms with E-state index in [4.69, 9.17) is 23.2 Å². The van der Waals surface area contributed by atoms with Gasteiger partial charge in [-0.05, 0) is 57.0 Å². The number of hydrogen-bond acceptors (Lipinski definition) is 2. The second-order valence-electron chi connectivity index (χ2n) is 7.95. The fourth-order valence-electron chi connectivity index (χ4n) is 2.80. The van der Waals surface area contributed by atoms with E-state index in [0.29, 0.717) is 10.0 Å². The Labute approximate surface area is 181 Å². The predicted octanol–water partition coefficient (Wildman–Crippen LogP) is 5.01. The zero-order valence-electron chi connectivity index (χ0n) is 16.9. The maximum atomic E-state index is 14.0. The van der Waals surface area contributed by atoms with Crippen LogP contribution in [-0.2, 0) is 22.6 Å². The Morgan fingerprint density at radius 1 is 1.10 bits per heavy atom. The Kier molecular flexibility index (Phi) is 7.66. The molecule has 0 spiro atoms. The van der Waals surface area contributed by atoms with Crippen LogP contribution < -0.4 is 5.32 Å². The van der Waals surface area contributed by atoms with Gasteiger partial charge in [-0.15, -0.1) is 0 Å². The highest BCUT2D eigenvalue weighted by Crippen LogP contribution is 2.24. The van der Waals surface area contributed by atoms with E-state index < -0.39 is 17.4 Å². The summed E-state index contributed by atoms with van der Waals surface area (Å²) >= 11 is 12.1. The first-order chi connectivity index (χ1) is 13.5. The molecule has 7 heteroatoms. The maximum absolute atomic E-state index is 14.0. The smallest absolute Gasteiger partial charge is 0.242 e. The Hall–Kier alpha value is -2.11. The van der Waals surface area contributed by atoms with Crippen LogP contribution in [0.25, 0.3) is 0 Å². The van der Waals surface area contributed by atoms with Crippen molar-refractivity contribution >= 4 is 35.0 Å². The fraction of sp³-hybridized carbons (Fsp3) is 0.364. The van der Waals surface area contributed by atoms with Crippen LogP contribution in [0.3, 0.4) is 0 Å². The lowest BCUT2D eigenvalue weighted by Gasteiger charge is -2.31. The molecule has 0 bridgehead atoms. The zero-order valence-corrected chi connectivity index (χ0v) is 18.4. The van der Waals surface area contributed by atoms with E-state index >= 15 is 0 Å². The molecule has 0 aliphatic rings. The van der Waals surface area contributed by atoms with Gasteiger partial charge in [0.05, 0.1) is 16.5 Å². The van der Waals surface area contributed by atoms with E-state index in [1.165, 1.54) is 11.0 Å². The highest BCUT2D eigenvalue weighted by molar-refractivity contribution is 6.42. The van der Waals surface area contributed by atoms with Crippen molar-refractivity contribution in [3.63, 3.8) is 0 Å². The van der Waals surface area contributed by atoms with Gasteiger partial charge >= 0.3 is 0 Å². The third-order valence-electron chi connectivity index (χ3n) is 4.30. The summed E-state index contributed by atoms with van der Waals surface area (Å²) in [6.07, 6.45) is -0.152. The molecule has 0 fully saturated rings. The Morgan fingerprint density at radius 2 is 1.76 bits per heavy atom. The molecular formula is C22H25Cl2FN2O2. The first kappa shape index (κ1) is 23.2. The minimum Gasteiger partial charge on any atom is -0.350 e. The van der Waals surface area contributed by atoms with Crippen LogP contribution in [0.2, 0.25) is 10.0 Å². The zero-order chi connectivity index (χ0) is 21.8. The molecule has 156 valence electrons. The van der Waals surface area contributed by atoms with Gasteiger partial charge in [-0.1, -0.05) is 47.5 Å². The van der Waals surface area contributed by atoms with Gasteiger partial charge in [0.15, 0.2) is 0 Å². The molecule has 0 heterocycles. The number of benzene rings is 2. The third-order valence-corrected chi connectivity index (χ3v) is 5.04. The van der Waals surface area contributed by atoms with Gasteiger partial charge in [-0.2, -0.15) is 0 Å². The topological polar surface area (TPSA) is 49.4 Å². The van der Waals surface area contributed by atoms with Crippen molar-refractivity contribution in [3.05, 3.63) is 69.5 Å². The van der Waals surface area contributed by atoms with Crippen molar-refractivity contribution in [2.24, 2.45) is 0 Å². The number of carbonyl (C=O) groups is 2. The molecule has 4 nitrogen and oxygen atoms in total. The number of nitrogens with one attached hydrogen (secondary N) is 1. The second-order valence-corrected chi connectivity index (χ2v) is 8.77. The van der Waals surface area contributed by atoms with Crippen molar-refractivity contribution in [1.29, 1.82) is 0 Å². The van der Waals surface area contributed by atoms with Gasteiger partial charge in [-0.3, -0.25) is 9.59 Å². The second kappa shape index (κ2) is 9.59. The molecule has 2 aromatic carbocycles. The molecule has 0 radical (unpaired) electrons. The fourth-order valence-corrected chi connectivity index (χ4v) is 3.12. The summed E-state index contributed by atoms with van der Waals surface area (Å²) in [5, 5.41) is 3.64. The van der Waals surface area contributed by atoms with Crippen LogP contribution in [0.5, 0.6) is 0 Å². The molecule has 1 atom stereocenters. The van der Waals surface area contributed by atoms with E-state index in [-0.39, 0.29) is 30.3 Å².